The number of nitrogens with two attached hydrogens (primary N) is 1. The molecule has 0 radical (unpaired) electrons. The second-order valence-corrected chi connectivity index (χ2v) is 5.87. The molecule has 1 aliphatic heterocycles. The second kappa shape index (κ2) is 5.61. The monoisotopic (exact) mass is 260 g/mol. The van der Waals surface area contributed by atoms with E-state index in [-0.39, 0.29) is 0 Å². The first-order valence-electron chi connectivity index (χ1n) is 7.43. The Morgan fingerprint density at radius 3 is 2.63 bits per heavy atom. The van der Waals surface area contributed by atoms with Gasteiger partial charge in [-0.2, -0.15) is 0 Å². The number of rotatable bonds is 4. The van der Waals surface area contributed by atoms with E-state index in [4.69, 9.17) is 10.5 Å². The van der Waals surface area contributed by atoms with E-state index in [1.807, 2.05) is 0 Å². The molecule has 104 valence electrons. The largest absolute Gasteiger partial charge is 0.376 e. The third kappa shape index (κ3) is 2.99. The topological polar surface area (TPSA) is 38.5 Å². The first-order valence-corrected chi connectivity index (χ1v) is 7.43. The molecule has 0 spiro atoms. The normalized spacial score (nSPS) is 26.3. The molecule has 1 aliphatic carbocycles. The van der Waals surface area contributed by atoms with Gasteiger partial charge in [0.25, 0.3) is 0 Å². The highest BCUT2D eigenvalue weighted by atomic mass is 16.5. The van der Waals surface area contributed by atoms with Crippen LogP contribution in [0.5, 0.6) is 0 Å². The molecule has 2 unspecified atom stereocenters. The van der Waals surface area contributed by atoms with Gasteiger partial charge in [-0.05, 0) is 36.8 Å². The van der Waals surface area contributed by atoms with Crippen LogP contribution in [0.4, 0.5) is 0 Å². The molecule has 1 aromatic carbocycles. The van der Waals surface area contributed by atoms with Crippen molar-refractivity contribution in [1.29, 1.82) is 0 Å². The first kappa shape index (κ1) is 13.1. The second-order valence-electron chi connectivity index (χ2n) is 5.87. The van der Waals surface area contributed by atoms with Crippen LogP contribution in [0.15, 0.2) is 24.3 Å². The zero-order valence-electron chi connectivity index (χ0n) is 11.7. The van der Waals surface area contributed by atoms with Crippen LogP contribution < -0.4 is 5.73 Å². The molecule has 3 nitrogen and oxygen atoms in total. The number of ether oxygens (including phenoxy) is 1. The van der Waals surface area contributed by atoms with Gasteiger partial charge in [-0.3, -0.25) is 4.90 Å². The van der Waals surface area contributed by atoms with Crippen molar-refractivity contribution >= 4 is 0 Å². The molecule has 1 heterocycles. The third-order valence-corrected chi connectivity index (χ3v) is 4.31. The summed E-state index contributed by atoms with van der Waals surface area (Å²) >= 11 is 0. The summed E-state index contributed by atoms with van der Waals surface area (Å²) in [7, 11) is 0. The lowest BCUT2D eigenvalue weighted by Crippen LogP contribution is -2.45. The van der Waals surface area contributed by atoms with E-state index in [1.54, 1.807) is 0 Å². The number of hydrogen-bond acceptors (Lipinski definition) is 3. The number of benzene rings is 1. The van der Waals surface area contributed by atoms with Crippen molar-refractivity contribution < 1.29 is 4.74 Å². The smallest absolute Gasteiger partial charge is 0.0674 e. The zero-order valence-corrected chi connectivity index (χ0v) is 11.7. The molecule has 0 bridgehead atoms. The van der Waals surface area contributed by atoms with Gasteiger partial charge in [0.2, 0.25) is 0 Å². The van der Waals surface area contributed by atoms with E-state index < -0.39 is 0 Å². The summed E-state index contributed by atoms with van der Waals surface area (Å²) in [5, 5.41) is 0. The van der Waals surface area contributed by atoms with E-state index in [0.29, 0.717) is 18.7 Å². The van der Waals surface area contributed by atoms with Gasteiger partial charge in [-0.25, -0.2) is 0 Å². The van der Waals surface area contributed by atoms with Gasteiger partial charge in [0, 0.05) is 25.7 Å². The van der Waals surface area contributed by atoms with Crippen molar-refractivity contribution in [1.82, 2.24) is 4.90 Å². The van der Waals surface area contributed by atoms with Crippen LogP contribution in [0.1, 0.15) is 42.9 Å². The fourth-order valence-electron chi connectivity index (χ4n) is 3.03. The molecular formula is C16H24N2O. The highest BCUT2D eigenvalue weighted by Gasteiger charge is 2.26. The Hall–Kier alpha value is -0.900. The van der Waals surface area contributed by atoms with Crippen LogP contribution >= 0.6 is 0 Å². The van der Waals surface area contributed by atoms with Gasteiger partial charge >= 0.3 is 0 Å². The molecular weight excluding hydrogens is 236 g/mol. The summed E-state index contributed by atoms with van der Waals surface area (Å²) in [6, 6.07) is 9.45. The standard InChI is InChI=1S/C16H24N2O/c1-12-11-18(8-9-19-12)16(10-17)15-6-4-14(5-7-15)13-2-3-13/h4-7,12-13,16H,2-3,8-11,17H2,1H3. The van der Waals surface area contributed by atoms with Crippen LogP contribution in [0, 0.1) is 0 Å². The maximum atomic E-state index is 6.01. The summed E-state index contributed by atoms with van der Waals surface area (Å²) in [6.45, 7) is 5.59. The van der Waals surface area contributed by atoms with Crippen LogP contribution in [0.2, 0.25) is 0 Å². The minimum Gasteiger partial charge on any atom is -0.376 e. The Kier molecular flexibility index (Phi) is 3.87. The number of nitrogens with zero attached hydrogens (tertiary/aromatic N) is 1. The molecule has 2 N–H and O–H groups in total. The average Bonchev–Trinajstić information content (AvgIpc) is 3.25. The van der Waals surface area contributed by atoms with Crippen LogP contribution in [-0.4, -0.2) is 37.2 Å². The van der Waals surface area contributed by atoms with Crippen molar-refractivity contribution in [3.8, 4) is 0 Å². The molecule has 0 aromatic heterocycles. The third-order valence-electron chi connectivity index (χ3n) is 4.31. The fourth-order valence-corrected chi connectivity index (χ4v) is 3.03. The molecule has 2 aliphatic rings. The average molecular weight is 260 g/mol. The summed E-state index contributed by atoms with van der Waals surface area (Å²) in [6.07, 6.45) is 3.04. The fraction of sp³-hybridized carbons (Fsp3) is 0.625. The Bertz CT molecular complexity index is 413. The molecule has 1 saturated carbocycles. The highest BCUT2D eigenvalue weighted by molar-refractivity contribution is 5.30. The van der Waals surface area contributed by atoms with E-state index in [1.165, 1.54) is 24.0 Å². The van der Waals surface area contributed by atoms with Gasteiger partial charge < -0.3 is 10.5 Å². The summed E-state index contributed by atoms with van der Waals surface area (Å²) in [5.74, 6) is 0.828. The molecule has 3 rings (SSSR count). The van der Waals surface area contributed by atoms with Crippen LogP contribution in [-0.2, 0) is 4.74 Å². The molecule has 2 fully saturated rings. The van der Waals surface area contributed by atoms with E-state index >= 15 is 0 Å². The van der Waals surface area contributed by atoms with Crippen LogP contribution in [0.25, 0.3) is 0 Å². The quantitative estimate of drug-likeness (QED) is 0.902. The van der Waals surface area contributed by atoms with E-state index in [0.717, 1.165) is 25.6 Å². The van der Waals surface area contributed by atoms with Gasteiger partial charge in [-0.15, -0.1) is 0 Å². The van der Waals surface area contributed by atoms with Gasteiger partial charge in [-0.1, -0.05) is 24.3 Å². The summed E-state index contributed by atoms with van der Waals surface area (Å²) in [4.78, 5) is 2.46. The predicted molar refractivity (Wildman–Crippen MR) is 77.2 cm³/mol. The molecule has 3 heteroatoms. The van der Waals surface area contributed by atoms with Crippen molar-refractivity contribution in [2.75, 3.05) is 26.2 Å². The van der Waals surface area contributed by atoms with Crippen molar-refractivity contribution in [2.24, 2.45) is 5.73 Å². The number of hydrogen-bond donors (Lipinski definition) is 1. The summed E-state index contributed by atoms with van der Waals surface area (Å²) in [5.41, 5.74) is 8.85. The van der Waals surface area contributed by atoms with Gasteiger partial charge in [0.15, 0.2) is 0 Å². The van der Waals surface area contributed by atoms with E-state index in [9.17, 15) is 0 Å². The molecule has 1 saturated heterocycles. The lowest BCUT2D eigenvalue weighted by Gasteiger charge is -2.37. The Morgan fingerprint density at radius 2 is 2.05 bits per heavy atom. The van der Waals surface area contributed by atoms with Crippen molar-refractivity contribution in [3.63, 3.8) is 0 Å². The first-order chi connectivity index (χ1) is 9.28. The van der Waals surface area contributed by atoms with Crippen molar-refractivity contribution in [3.05, 3.63) is 35.4 Å². The van der Waals surface area contributed by atoms with E-state index in [2.05, 4.69) is 36.1 Å². The molecule has 2 atom stereocenters. The minimum atomic E-state index is 0.313. The molecule has 1 aromatic rings. The Morgan fingerprint density at radius 1 is 1.32 bits per heavy atom. The molecule has 0 amide bonds. The van der Waals surface area contributed by atoms with Gasteiger partial charge in [0.05, 0.1) is 12.7 Å². The zero-order chi connectivity index (χ0) is 13.2. The molecule has 19 heavy (non-hydrogen) atoms. The van der Waals surface area contributed by atoms with Gasteiger partial charge in [0.1, 0.15) is 0 Å². The minimum absolute atomic E-state index is 0.313. The summed E-state index contributed by atoms with van der Waals surface area (Å²) < 4.78 is 5.61. The maximum Gasteiger partial charge on any atom is 0.0674 e. The number of morpholine rings is 1. The lowest BCUT2D eigenvalue weighted by molar-refractivity contribution is -0.0333. The lowest BCUT2D eigenvalue weighted by atomic mass is 10.0. The predicted octanol–water partition coefficient (Wildman–Crippen LogP) is 2.28. The Labute approximate surface area is 115 Å². The van der Waals surface area contributed by atoms with Crippen LogP contribution in [0.3, 0.4) is 0 Å². The Balaban J connectivity index is 1.73. The van der Waals surface area contributed by atoms with Crippen molar-refractivity contribution in [2.45, 2.75) is 37.8 Å². The SMILES string of the molecule is CC1CN(C(CN)c2ccc(C3CC3)cc2)CCO1. The highest BCUT2D eigenvalue weighted by Crippen LogP contribution is 2.40. The maximum absolute atomic E-state index is 6.01.